The maximum absolute atomic E-state index is 12.6. The second kappa shape index (κ2) is 8.77. The summed E-state index contributed by atoms with van der Waals surface area (Å²) in [4.78, 5) is 12.1. The molecule has 3 aromatic rings. The minimum absolute atomic E-state index is 0.00537. The van der Waals surface area contributed by atoms with E-state index in [0.717, 1.165) is 0 Å². The van der Waals surface area contributed by atoms with Crippen LogP contribution in [0.1, 0.15) is 0 Å². The van der Waals surface area contributed by atoms with E-state index in [-0.39, 0.29) is 22.2 Å². The molecule has 0 heterocycles. The number of hydrogen-bond donors (Lipinski definition) is 2. The Bertz CT molecular complexity index is 1070. The summed E-state index contributed by atoms with van der Waals surface area (Å²) in [5, 5.41) is 2.90. The summed E-state index contributed by atoms with van der Waals surface area (Å²) in [5.41, 5.74) is 0.610. The van der Waals surface area contributed by atoms with Crippen LogP contribution in [0.25, 0.3) is 0 Å². The van der Waals surface area contributed by atoms with E-state index in [1.807, 2.05) is 6.07 Å². The SMILES string of the molecule is O=C(COc1ccccc1)Nc1cccc(S(=O)(=O)Nc2ccccc2Cl)c1. The van der Waals surface area contributed by atoms with Crippen molar-refractivity contribution in [1.29, 1.82) is 0 Å². The number of carbonyl (C=O) groups excluding carboxylic acids is 1. The highest BCUT2D eigenvalue weighted by molar-refractivity contribution is 7.92. The Morgan fingerprint density at radius 1 is 0.929 bits per heavy atom. The van der Waals surface area contributed by atoms with Crippen LogP contribution in [0.2, 0.25) is 5.02 Å². The first-order valence-corrected chi connectivity index (χ1v) is 10.2. The molecule has 0 aliphatic carbocycles. The van der Waals surface area contributed by atoms with E-state index < -0.39 is 15.9 Å². The Morgan fingerprint density at radius 3 is 2.39 bits per heavy atom. The van der Waals surface area contributed by atoms with Crippen LogP contribution in [-0.4, -0.2) is 20.9 Å². The molecule has 6 nitrogen and oxygen atoms in total. The lowest BCUT2D eigenvalue weighted by Gasteiger charge is -2.11. The summed E-state index contributed by atoms with van der Waals surface area (Å²) >= 11 is 6.01. The summed E-state index contributed by atoms with van der Waals surface area (Å²) in [6.45, 7) is -0.196. The van der Waals surface area contributed by atoms with Crippen molar-refractivity contribution in [2.24, 2.45) is 0 Å². The Labute approximate surface area is 168 Å². The predicted octanol–water partition coefficient (Wildman–Crippen LogP) is 4.16. The molecule has 0 saturated heterocycles. The van der Waals surface area contributed by atoms with Gasteiger partial charge in [-0.05, 0) is 42.5 Å². The lowest BCUT2D eigenvalue weighted by molar-refractivity contribution is -0.118. The third kappa shape index (κ3) is 5.25. The summed E-state index contributed by atoms with van der Waals surface area (Å²) in [6, 6.07) is 21.4. The minimum atomic E-state index is -3.87. The molecule has 2 N–H and O–H groups in total. The van der Waals surface area contributed by atoms with Gasteiger partial charge in [0.25, 0.3) is 15.9 Å². The Hall–Kier alpha value is -3.03. The molecule has 0 atom stereocenters. The van der Waals surface area contributed by atoms with Crippen LogP contribution in [0.15, 0.2) is 83.8 Å². The molecule has 0 saturated carbocycles. The molecule has 144 valence electrons. The average molecular weight is 417 g/mol. The number of benzene rings is 3. The molecule has 0 radical (unpaired) electrons. The standard InChI is InChI=1S/C20H17ClN2O4S/c21-18-11-4-5-12-19(18)23-28(25,26)17-10-6-7-15(13-17)22-20(24)14-27-16-8-2-1-3-9-16/h1-13,23H,14H2,(H,22,24). The van der Waals surface area contributed by atoms with Crippen LogP contribution in [0.5, 0.6) is 5.75 Å². The van der Waals surface area contributed by atoms with Crippen molar-refractivity contribution < 1.29 is 17.9 Å². The maximum Gasteiger partial charge on any atom is 0.262 e. The first-order chi connectivity index (χ1) is 13.4. The van der Waals surface area contributed by atoms with Gasteiger partial charge >= 0.3 is 0 Å². The van der Waals surface area contributed by atoms with Crippen molar-refractivity contribution in [2.75, 3.05) is 16.6 Å². The molecule has 0 aliphatic rings. The van der Waals surface area contributed by atoms with Crippen LogP contribution in [-0.2, 0) is 14.8 Å². The lowest BCUT2D eigenvalue weighted by atomic mass is 10.3. The molecule has 0 spiro atoms. The van der Waals surface area contributed by atoms with Gasteiger partial charge in [-0.2, -0.15) is 0 Å². The lowest BCUT2D eigenvalue weighted by Crippen LogP contribution is -2.20. The Kier molecular flexibility index (Phi) is 6.18. The first-order valence-electron chi connectivity index (χ1n) is 8.29. The molecule has 8 heteroatoms. The van der Waals surface area contributed by atoms with Crippen molar-refractivity contribution in [3.05, 3.63) is 83.9 Å². The van der Waals surface area contributed by atoms with Crippen LogP contribution in [0.4, 0.5) is 11.4 Å². The third-order valence-electron chi connectivity index (χ3n) is 3.66. The first kappa shape index (κ1) is 19.7. The smallest absolute Gasteiger partial charge is 0.262 e. The van der Waals surface area contributed by atoms with Crippen LogP contribution < -0.4 is 14.8 Å². The van der Waals surface area contributed by atoms with Gasteiger partial charge in [0.05, 0.1) is 15.6 Å². The number of nitrogens with one attached hydrogen (secondary N) is 2. The fourth-order valence-electron chi connectivity index (χ4n) is 2.35. The second-order valence-electron chi connectivity index (χ2n) is 5.76. The fourth-order valence-corrected chi connectivity index (χ4v) is 3.72. The van der Waals surface area contributed by atoms with Crippen molar-refractivity contribution in [1.82, 2.24) is 0 Å². The minimum Gasteiger partial charge on any atom is -0.484 e. The molecule has 0 unspecified atom stereocenters. The number of sulfonamides is 1. The van der Waals surface area contributed by atoms with E-state index in [4.69, 9.17) is 16.3 Å². The average Bonchev–Trinajstić information content (AvgIpc) is 2.69. The highest BCUT2D eigenvalue weighted by Gasteiger charge is 2.16. The number of carbonyl (C=O) groups is 1. The van der Waals surface area contributed by atoms with Gasteiger partial charge in [0.15, 0.2) is 6.61 Å². The van der Waals surface area contributed by atoms with E-state index in [9.17, 15) is 13.2 Å². The number of rotatable bonds is 7. The monoisotopic (exact) mass is 416 g/mol. The number of para-hydroxylation sites is 2. The topological polar surface area (TPSA) is 84.5 Å². The zero-order valence-corrected chi connectivity index (χ0v) is 16.2. The largest absolute Gasteiger partial charge is 0.484 e. The van der Waals surface area contributed by atoms with Crippen molar-refractivity contribution in [2.45, 2.75) is 4.90 Å². The van der Waals surface area contributed by atoms with E-state index in [1.165, 1.54) is 18.2 Å². The van der Waals surface area contributed by atoms with Gasteiger partial charge in [0.2, 0.25) is 0 Å². The van der Waals surface area contributed by atoms with Crippen LogP contribution in [0, 0.1) is 0 Å². The van der Waals surface area contributed by atoms with Crippen LogP contribution >= 0.6 is 11.6 Å². The Balaban J connectivity index is 1.67. The van der Waals surface area contributed by atoms with Gasteiger partial charge in [-0.3, -0.25) is 9.52 Å². The zero-order valence-electron chi connectivity index (χ0n) is 14.6. The number of anilines is 2. The van der Waals surface area contributed by atoms with E-state index in [0.29, 0.717) is 11.4 Å². The molecular weight excluding hydrogens is 400 g/mol. The van der Waals surface area contributed by atoms with Gasteiger partial charge in [0.1, 0.15) is 5.75 Å². The van der Waals surface area contributed by atoms with E-state index in [1.54, 1.807) is 54.6 Å². The summed E-state index contributed by atoms with van der Waals surface area (Å²) in [7, 11) is -3.87. The molecule has 0 bridgehead atoms. The van der Waals surface area contributed by atoms with Gasteiger partial charge in [-0.15, -0.1) is 0 Å². The van der Waals surface area contributed by atoms with E-state index >= 15 is 0 Å². The van der Waals surface area contributed by atoms with Crippen molar-refractivity contribution >= 4 is 38.9 Å². The molecule has 0 aliphatic heterocycles. The molecular formula is C20H17ClN2O4S. The zero-order chi connectivity index (χ0) is 20.0. The number of amides is 1. The fraction of sp³-hybridized carbons (Fsp3) is 0.0500. The molecule has 3 aromatic carbocycles. The normalized spacial score (nSPS) is 10.9. The molecule has 0 fully saturated rings. The molecule has 0 aromatic heterocycles. The van der Waals surface area contributed by atoms with Crippen molar-refractivity contribution in [3.8, 4) is 5.75 Å². The van der Waals surface area contributed by atoms with Crippen molar-refractivity contribution in [3.63, 3.8) is 0 Å². The van der Waals surface area contributed by atoms with Gasteiger partial charge in [-0.25, -0.2) is 8.42 Å². The second-order valence-corrected chi connectivity index (χ2v) is 7.85. The van der Waals surface area contributed by atoms with Gasteiger partial charge in [-0.1, -0.05) is 48.0 Å². The van der Waals surface area contributed by atoms with Gasteiger partial charge < -0.3 is 10.1 Å². The Morgan fingerprint density at radius 2 is 1.64 bits per heavy atom. The number of halogens is 1. The molecule has 1 amide bonds. The summed E-state index contributed by atoms with van der Waals surface area (Å²) in [5.74, 6) is 0.162. The predicted molar refractivity (Wildman–Crippen MR) is 109 cm³/mol. The summed E-state index contributed by atoms with van der Waals surface area (Å²) in [6.07, 6.45) is 0. The van der Waals surface area contributed by atoms with Crippen LogP contribution in [0.3, 0.4) is 0 Å². The number of ether oxygens (including phenoxy) is 1. The van der Waals surface area contributed by atoms with Gasteiger partial charge in [0, 0.05) is 5.69 Å². The highest BCUT2D eigenvalue weighted by Crippen LogP contribution is 2.25. The quantitative estimate of drug-likeness (QED) is 0.605. The maximum atomic E-state index is 12.6. The third-order valence-corrected chi connectivity index (χ3v) is 5.35. The summed E-state index contributed by atoms with van der Waals surface area (Å²) < 4.78 is 33.0. The molecule has 3 rings (SSSR count). The highest BCUT2D eigenvalue weighted by atomic mass is 35.5. The molecule has 28 heavy (non-hydrogen) atoms. The van der Waals surface area contributed by atoms with E-state index in [2.05, 4.69) is 10.0 Å². The number of hydrogen-bond acceptors (Lipinski definition) is 4.